The Kier molecular flexibility index (Phi) is 5.68. The molecule has 0 aliphatic carbocycles. The summed E-state index contributed by atoms with van der Waals surface area (Å²) in [6.07, 6.45) is 1.06. The molecule has 0 unspecified atom stereocenters. The fourth-order valence-electron chi connectivity index (χ4n) is 3.43. The van der Waals surface area contributed by atoms with Crippen LogP contribution in [0, 0.1) is 0 Å². The first kappa shape index (κ1) is 18.1. The highest BCUT2D eigenvalue weighted by molar-refractivity contribution is 5.98. The van der Waals surface area contributed by atoms with Gasteiger partial charge >= 0.3 is 0 Å². The molecule has 0 bridgehead atoms. The lowest BCUT2D eigenvalue weighted by atomic mass is 9.99. The lowest BCUT2D eigenvalue weighted by molar-refractivity contribution is -0.120. The third kappa shape index (κ3) is 4.11. The van der Waals surface area contributed by atoms with Gasteiger partial charge in [-0.05, 0) is 49.6 Å². The molecule has 2 aromatic rings. The van der Waals surface area contributed by atoms with Crippen LogP contribution in [0.5, 0.6) is 0 Å². The van der Waals surface area contributed by atoms with Gasteiger partial charge in [-0.25, -0.2) is 0 Å². The fourth-order valence-corrected chi connectivity index (χ4v) is 3.43. The molecule has 0 saturated carbocycles. The highest BCUT2D eigenvalue weighted by Crippen LogP contribution is 2.28. The zero-order valence-electron chi connectivity index (χ0n) is 15.2. The molecule has 1 aliphatic heterocycles. The predicted octanol–water partition coefficient (Wildman–Crippen LogP) is 2.86. The zero-order chi connectivity index (χ0) is 18.5. The van der Waals surface area contributed by atoms with E-state index in [4.69, 9.17) is 0 Å². The molecule has 2 amide bonds. The zero-order valence-corrected chi connectivity index (χ0v) is 15.2. The molecule has 1 fully saturated rings. The van der Waals surface area contributed by atoms with Gasteiger partial charge in [-0.1, -0.05) is 36.4 Å². The van der Waals surface area contributed by atoms with E-state index in [1.54, 1.807) is 31.3 Å². The number of rotatable bonds is 5. The minimum absolute atomic E-state index is 0.0484. The van der Waals surface area contributed by atoms with Gasteiger partial charge in [0.25, 0.3) is 5.91 Å². The Morgan fingerprint density at radius 3 is 2.62 bits per heavy atom. The maximum atomic E-state index is 12.6. The van der Waals surface area contributed by atoms with Crippen molar-refractivity contribution in [2.45, 2.75) is 25.3 Å². The van der Waals surface area contributed by atoms with Gasteiger partial charge < -0.3 is 10.6 Å². The number of nitrogens with zero attached hydrogens (tertiary/aromatic N) is 1. The highest BCUT2D eigenvalue weighted by atomic mass is 16.2. The molecule has 0 aromatic heterocycles. The standard InChI is InChI=1S/C21H25N3O2/c1-15(24-12-11-18(14-24)16-7-4-3-5-8-16)20(25)23-19-10-6-9-17(13-19)21(26)22-2/h3-10,13,15,18H,11-12,14H2,1-2H3,(H,22,26)(H,23,25)/t15-,18+/m0/s1. The quantitative estimate of drug-likeness (QED) is 0.871. The van der Waals surface area contributed by atoms with E-state index in [2.05, 4.69) is 39.8 Å². The first-order valence-corrected chi connectivity index (χ1v) is 9.00. The van der Waals surface area contributed by atoms with E-state index < -0.39 is 0 Å². The summed E-state index contributed by atoms with van der Waals surface area (Å²) < 4.78 is 0. The molecular weight excluding hydrogens is 326 g/mol. The Morgan fingerprint density at radius 1 is 1.12 bits per heavy atom. The van der Waals surface area contributed by atoms with Crippen molar-refractivity contribution >= 4 is 17.5 Å². The van der Waals surface area contributed by atoms with Crippen LogP contribution in [0.2, 0.25) is 0 Å². The van der Waals surface area contributed by atoms with Crippen LogP contribution in [0.1, 0.15) is 35.2 Å². The average Bonchev–Trinajstić information content (AvgIpc) is 3.17. The smallest absolute Gasteiger partial charge is 0.251 e. The Morgan fingerprint density at radius 2 is 1.88 bits per heavy atom. The van der Waals surface area contributed by atoms with Crippen LogP contribution >= 0.6 is 0 Å². The van der Waals surface area contributed by atoms with Crippen molar-refractivity contribution in [1.29, 1.82) is 0 Å². The number of amides is 2. The maximum Gasteiger partial charge on any atom is 0.251 e. The topological polar surface area (TPSA) is 61.4 Å². The molecule has 1 saturated heterocycles. The number of benzene rings is 2. The van der Waals surface area contributed by atoms with E-state index in [0.29, 0.717) is 17.2 Å². The van der Waals surface area contributed by atoms with E-state index >= 15 is 0 Å². The monoisotopic (exact) mass is 351 g/mol. The summed E-state index contributed by atoms with van der Waals surface area (Å²) >= 11 is 0. The fraction of sp³-hybridized carbons (Fsp3) is 0.333. The summed E-state index contributed by atoms with van der Waals surface area (Å²) in [6.45, 7) is 3.73. The SMILES string of the molecule is CNC(=O)c1cccc(NC(=O)[C@H](C)N2CC[C@@H](c3ccccc3)C2)c1. The van der Waals surface area contributed by atoms with Gasteiger partial charge in [-0.3, -0.25) is 14.5 Å². The third-order valence-corrected chi connectivity index (χ3v) is 5.04. The van der Waals surface area contributed by atoms with Crippen molar-refractivity contribution < 1.29 is 9.59 Å². The second-order valence-electron chi connectivity index (χ2n) is 6.72. The van der Waals surface area contributed by atoms with Crippen LogP contribution in [0.25, 0.3) is 0 Å². The van der Waals surface area contributed by atoms with Crippen molar-refractivity contribution in [3.05, 3.63) is 65.7 Å². The van der Waals surface area contributed by atoms with Gasteiger partial charge in [-0.2, -0.15) is 0 Å². The molecule has 136 valence electrons. The van der Waals surface area contributed by atoms with E-state index in [9.17, 15) is 9.59 Å². The number of carbonyl (C=O) groups is 2. The van der Waals surface area contributed by atoms with Crippen molar-refractivity contribution in [2.75, 3.05) is 25.5 Å². The predicted molar refractivity (Wildman–Crippen MR) is 103 cm³/mol. The first-order valence-electron chi connectivity index (χ1n) is 9.00. The van der Waals surface area contributed by atoms with Crippen molar-refractivity contribution in [3.63, 3.8) is 0 Å². The number of nitrogens with one attached hydrogen (secondary N) is 2. The summed E-state index contributed by atoms with van der Waals surface area (Å²) in [5, 5.41) is 5.52. The van der Waals surface area contributed by atoms with Gasteiger partial charge in [0.05, 0.1) is 6.04 Å². The second kappa shape index (κ2) is 8.15. The molecule has 1 aliphatic rings. The number of carbonyl (C=O) groups excluding carboxylic acids is 2. The molecule has 2 atom stereocenters. The van der Waals surface area contributed by atoms with E-state index in [1.807, 2.05) is 13.0 Å². The van der Waals surface area contributed by atoms with Crippen LogP contribution in [0.3, 0.4) is 0 Å². The molecule has 5 heteroatoms. The highest BCUT2D eigenvalue weighted by Gasteiger charge is 2.30. The van der Waals surface area contributed by atoms with Gasteiger partial charge in [0.15, 0.2) is 0 Å². The molecule has 2 N–H and O–H groups in total. The second-order valence-corrected chi connectivity index (χ2v) is 6.72. The molecule has 3 rings (SSSR count). The van der Waals surface area contributed by atoms with Crippen LogP contribution < -0.4 is 10.6 Å². The molecule has 0 spiro atoms. The molecule has 5 nitrogen and oxygen atoms in total. The lowest BCUT2D eigenvalue weighted by Crippen LogP contribution is -2.40. The number of anilines is 1. The van der Waals surface area contributed by atoms with Gasteiger partial charge in [0.1, 0.15) is 0 Å². The van der Waals surface area contributed by atoms with Crippen molar-refractivity contribution in [2.24, 2.45) is 0 Å². The lowest BCUT2D eigenvalue weighted by Gasteiger charge is -2.23. The molecule has 0 radical (unpaired) electrons. The minimum atomic E-state index is -0.215. The summed E-state index contributed by atoms with van der Waals surface area (Å²) in [5.41, 5.74) is 2.51. The van der Waals surface area contributed by atoms with Gasteiger partial charge in [0, 0.05) is 24.8 Å². The Bertz CT molecular complexity index is 776. The largest absolute Gasteiger partial charge is 0.355 e. The van der Waals surface area contributed by atoms with E-state index in [0.717, 1.165) is 19.5 Å². The van der Waals surface area contributed by atoms with Crippen LogP contribution in [-0.2, 0) is 4.79 Å². The Labute approximate surface area is 154 Å². The summed E-state index contributed by atoms with van der Waals surface area (Å²) in [6, 6.07) is 17.2. The van der Waals surface area contributed by atoms with Crippen molar-refractivity contribution in [1.82, 2.24) is 10.2 Å². The Hall–Kier alpha value is -2.66. The average molecular weight is 351 g/mol. The van der Waals surface area contributed by atoms with Gasteiger partial charge in [-0.15, -0.1) is 0 Å². The minimum Gasteiger partial charge on any atom is -0.355 e. The van der Waals surface area contributed by atoms with Gasteiger partial charge in [0.2, 0.25) is 5.91 Å². The molecule has 26 heavy (non-hydrogen) atoms. The Balaban J connectivity index is 1.61. The number of hydrogen-bond donors (Lipinski definition) is 2. The van der Waals surface area contributed by atoms with E-state index in [1.165, 1.54) is 5.56 Å². The van der Waals surface area contributed by atoms with Crippen LogP contribution in [0.4, 0.5) is 5.69 Å². The summed E-state index contributed by atoms with van der Waals surface area (Å²) in [5.74, 6) is 0.259. The van der Waals surface area contributed by atoms with Crippen LogP contribution in [-0.4, -0.2) is 42.9 Å². The normalized spacial score (nSPS) is 18.3. The maximum absolute atomic E-state index is 12.6. The van der Waals surface area contributed by atoms with Crippen LogP contribution in [0.15, 0.2) is 54.6 Å². The first-order chi connectivity index (χ1) is 12.6. The summed E-state index contributed by atoms with van der Waals surface area (Å²) in [7, 11) is 1.59. The number of likely N-dealkylation sites (tertiary alicyclic amines) is 1. The van der Waals surface area contributed by atoms with E-state index in [-0.39, 0.29) is 17.9 Å². The number of hydrogen-bond acceptors (Lipinski definition) is 3. The summed E-state index contributed by atoms with van der Waals surface area (Å²) in [4.78, 5) is 26.6. The molecule has 2 aromatic carbocycles. The van der Waals surface area contributed by atoms with Crippen molar-refractivity contribution in [3.8, 4) is 0 Å². The molecular formula is C21H25N3O2. The molecule has 1 heterocycles. The third-order valence-electron chi connectivity index (χ3n) is 5.04.